The smallest absolute Gasteiger partial charge is 0.305 e. The van der Waals surface area contributed by atoms with Crippen molar-refractivity contribution < 1.29 is 29.0 Å². The van der Waals surface area contributed by atoms with Crippen molar-refractivity contribution in [3.05, 3.63) is 53.1 Å². The Morgan fingerprint density at radius 1 is 1.23 bits per heavy atom. The number of aryl methyl sites for hydroxylation is 1. The Labute approximate surface area is 178 Å². The summed E-state index contributed by atoms with van der Waals surface area (Å²) >= 11 is 0. The van der Waals surface area contributed by atoms with Crippen LogP contribution in [0.1, 0.15) is 49.6 Å². The van der Waals surface area contributed by atoms with Gasteiger partial charge in [0.2, 0.25) is 0 Å². The van der Waals surface area contributed by atoms with Gasteiger partial charge in [0.15, 0.2) is 0 Å². The number of halogens is 1. The highest BCUT2D eigenvalue weighted by atomic mass is 19.1. The van der Waals surface area contributed by atoms with Crippen molar-refractivity contribution in [1.82, 2.24) is 10.1 Å². The van der Waals surface area contributed by atoms with Crippen molar-refractivity contribution in [2.45, 2.75) is 51.7 Å². The maximum absolute atomic E-state index is 13.6. The topological polar surface area (TPSA) is 117 Å². The molecule has 0 aliphatic carbocycles. The lowest BCUT2D eigenvalue weighted by molar-refractivity contribution is -0.139. The molecule has 0 aliphatic rings. The number of carboxylic acid groups (broad SMARTS) is 1. The van der Waals surface area contributed by atoms with Gasteiger partial charge in [0.25, 0.3) is 5.71 Å². The molecule has 2 heterocycles. The third-order valence-corrected chi connectivity index (χ3v) is 4.95. The first-order chi connectivity index (χ1) is 14.7. The Morgan fingerprint density at radius 2 is 1.90 bits per heavy atom. The van der Waals surface area contributed by atoms with Gasteiger partial charge in [-0.3, -0.25) is 4.79 Å². The van der Waals surface area contributed by atoms with Crippen molar-refractivity contribution in [3.8, 4) is 11.1 Å². The average molecular weight is 428 g/mol. The maximum Gasteiger partial charge on any atom is 0.305 e. The highest BCUT2D eigenvalue weighted by Crippen LogP contribution is 2.38. The molecule has 0 aliphatic heterocycles. The Bertz CT molecular complexity index is 1110. The fourth-order valence-corrected chi connectivity index (χ4v) is 3.53. The number of carbonyl (C=O) groups is 1. The van der Waals surface area contributed by atoms with E-state index in [-0.39, 0.29) is 18.2 Å². The SMILES string of the molecule is Cc1noc2nc(C(C)C)c(/C=C/C(O)CC(O)CC(=O)O)c(-c3ccc(F)cc3)c12. The predicted octanol–water partition coefficient (Wildman–Crippen LogP) is 4.06. The molecule has 0 saturated heterocycles. The number of aromatic nitrogens is 2. The second-order valence-electron chi connectivity index (χ2n) is 7.81. The van der Waals surface area contributed by atoms with E-state index >= 15 is 0 Å². The van der Waals surface area contributed by atoms with Gasteiger partial charge in [-0.05, 0) is 30.5 Å². The van der Waals surface area contributed by atoms with Gasteiger partial charge < -0.3 is 19.8 Å². The molecule has 7 nitrogen and oxygen atoms in total. The second-order valence-corrected chi connectivity index (χ2v) is 7.81. The van der Waals surface area contributed by atoms with E-state index in [0.29, 0.717) is 28.1 Å². The van der Waals surface area contributed by atoms with Crippen molar-refractivity contribution in [3.63, 3.8) is 0 Å². The molecule has 0 bridgehead atoms. The number of aliphatic hydroxyl groups is 2. The summed E-state index contributed by atoms with van der Waals surface area (Å²) in [5, 5.41) is 33.6. The first-order valence-corrected chi connectivity index (χ1v) is 9.99. The molecule has 0 saturated carbocycles. The molecule has 0 spiro atoms. The van der Waals surface area contributed by atoms with Crippen LogP contribution in [0.15, 0.2) is 34.9 Å². The summed E-state index contributed by atoms with van der Waals surface area (Å²) < 4.78 is 19.0. The highest BCUT2D eigenvalue weighted by molar-refractivity contribution is 5.98. The van der Waals surface area contributed by atoms with Crippen LogP contribution in [-0.4, -0.2) is 43.6 Å². The first kappa shape index (κ1) is 22.6. The number of hydrogen-bond donors (Lipinski definition) is 3. The van der Waals surface area contributed by atoms with Gasteiger partial charge in [0.05, 0.1) is 35.4 Å². The normalized spacial score (nSPS) is 13.9. The van der Waals surface area contributed by atoms with E-state index in [1.165, 1.54) is 18.2 Å². The molecule has 3 aromatic rings. The van der Waals surface area contributed by atoms with E-state index in [0.717, 1.165) is 11.1 Å². The van der Waals surface area contributed by atoms with Crippen molar-refractivity contribution in [2.75, 3.05) is 0 Å². The van der Waals surface area contributed by atoms with Crippen LogP contribution in [0.25, 0.3) is 28.3 Å². The van der Waals surface area contributed by atoms with Gasteiger partial charge in [0.1, 0.15) is 5.82 Å². The van der Waals surface area contributed by atoms with Crippen LogP contribution in [0.4, 0.5) is 4.39 Å². The summed E-state index contributed by atoms with van der Waals surface area (Å²) in [7, 11) is 0. The summed E-state index contributed by atoms with van der Waals surface area (Å²) in [6, 6.07) is 6.05. The average Bonchev–Trinajstić information content (AvgIpc) is 3.06. The van der Waals surface area contributed by atoms with Crippen molar-refractivity contribution in [2.24, 2.45) is 0 Å². The van der Waals surface area contributed by atoms with Gasteiger partial charge >= 0.3 is 5.97 Å². The lowest BCUT2D eigenvalue weighted by Crippen LogP contribution is -2.19. The number of hydrogen-bond acceptors (Lipinski definition) is 6. The first-order valence-electron chi connectivity index (χ1n) is 9.99. The lowest BCUT2D eigenvalue weighted by Gasteiger charge is -2.16. The number of aliphatic carboxylic acids is 1. The summed E-state index contributed by atoms with van der Waals surface area (Å²) in [6.45, 7) is 5.73. The van der Waals surface area contributed by atoms with E-state index in [9.17, 15) is 19.4 Å². The fraction of sp³-hybridized carbons (Fsp3) is 0.348. The molecule has 164 valence electrons. The Kier molecular flexibility index (Phi) is 6.82. The standard InChI is InChI=1S/C23H25FN2O5/c1-12(2)22-18(9-8-16(27)10-17(28)11-19(29)30)21(14-4-6-15(24)7-5-14)20-13(3)26-31-23(20)25-22/h4-9,12,16-17,27-28H,10-11H2,1-3H3,(H,29,30)/b9-8+. The minimum absolute atomic E-state index is 0.00315. The number of aliphatic hydroxyl groups excluding tert-OH is 2. The monoisotopic (exact) mass is 428 g/mol. The highest BCUT2D eigenvalue weighted by Gasteiger charge is 2.22. The minimum atomic E-state index is -1.17. The number of nitrogens with zero attached hydrogens (tertiary/aromatic N) is 2. The van der Waals surface area contributed by atoms with Crippen LogP contribution in [-0.2, 0) is 4.79 Å². The molecule has 31 heavy (non-hydrogen) atoms. The van der Waals surface area contributed by atoms with Gasteiger partial charge in [-0.2, -0.15) is 0 Å². The van der Waals surface area contributed by atoms with Gasteiger partial charge in [0, 0.05) is 17.5 Å². The van der Waals surface area contributed by atoms with Crippen LogP contribution in [0.5, 0.6) is 0 Å². The molecule has 0 radical (unpaired) electrons. The molecule has 2 unspecified atom stereocenters. The van der Waals surface area contributed by atoms with Crippen molar-refractivity contribution >= 4 is 23.1 Å². The molecule has 0 fully saturated rings. The van der Waals surface area contributed by atoms with Crippen molar-refractivity contribution in [1.29, 1.82) is 0 Å². The zero-order valence-corrected chi connectivity index (χ0v) is 17.5. The number of carboxylic acids is 1. The molecule has 1 aromatic carbocycles. The van der Waals surface area contributed by atoms with E-state index in [4.69, 9.17) is 9.63 Å². The van der Waals surface area contributed by atoms with E-state index < -0.39 is 24.6 Å². The van der Waals surface area contributed by atoms with Crippen LogP contribution in [0, 0.1) is 12.7 Å². The molecular formula is C23H25FN2O5. The molecule has 8 heteroatoms. The van der Waals surface area contributed by atoms with Crippen LogP contribution in [0.3, 0.4) is 0 Å². The Balaban J connectivity index is 2.13. The van der Waals surface area contributed by atoms with E-state index in [1.54, 1.807) is 25.1 Å². The number of pyridine rings is 1. The molecule has 2 aromatic heterocycles. The van der Waals surface area contributed by atoms with E-state index in [2.05, 4.69) is 10.1 Å². The quantitative estimate of drug-likeness (QED) is 0.495. The van der Waals surface area contributed by atoms with Crippen LogP contribution in [0.2, 0.25) is 0 Å². The number of benzene rings is 1. The number of fused-ring (bicyclic) bond motifs is 1. The summed E-state index contributed by atoms with van der Waals surface area (Å²) in [5.74, 6) is -1.49. The van der Waals surface area contributed by atoms with Gasteiger partial charge in [-0.25, -0.2) is 9.37 Å². The zero-order valence-electron chi connectivity index (χ0n) is 17.5. The lowest BCUT2D eigenvalue weighted by atomic mass is 9.91. The predicted molar refractivity (Wildman–Crippen MR) is 114 cm³/mol. The second kappa shape index (κ2) is 9.36. The molecular weight excluding hydrogens is 403 g/mol. The Hall–Kier alpha value is -3.10. The molecule has 0 amide bonds. The Morgan fingerprint density at radius 3 is 2.52 bits per heavy atom. The zero-order chi connectivity index (χ0) is 22.7. The van der Waals surface area contributed by atoms with Gasteiger partial charge in [-0.15, -0.1) is 0 Å². The molecule has 3 N–H and O–H groups in total. The maximum atomic E-state index is 13.6. The number of rotatable bonds is 8. The van der Waals surface area contributed by atoms with E-state index in [1.807, 2.05) is 13.8 Å². The third-order valence-electron chi connectivity index (χ3n) is 4.95. The van der Waals surface area contributed by atoms with Crippen LogP contribution < -0.4 is 0 Å². The fourth-order valence-electron chi connectivity index (χ4n) is 3.53. The summed E-state index contributed by atoms with van der Waals surface area (Å²) in [4.78, 5) is 15.4. The minimum Gasteiger partial charge on any atom is -0.481 e. The summed E-state index contributed by atoms with van der Waals surface area (Å²) in [5.41, 5.74) is 3.91. The van der Waals surface area contributed by atoms with Crippen LogP contribution >= 0.6 is 0 Å². The van der Waals surface area contributed by atoms with Gasteiger partial charge in [-0.1, -0.05) is 43.3 Å². The third kappa shape index (κ3) is 5.15. The molecule has 2 atom stereocenters. The molecule has 3 rings (SSSR count). The summed E-state index contributed by atoms with van der Waals surface area (Å²) in [6.07, 6.45) is 0.402. The largest absolute Gasteiger partial charge is 0.481 e.